The van der Waals surface area contributed by atoms with Crippen molar-refractivity contribution in [1.82, 2.24) is 24.9 Å². The molecule has 0 saturated carbocycles. The number of rotatable bonds is 4. The summed E-state index contributed by atoms with van der Waals surface area (Å²) in [6, 6.07) is 12.3. The van der Waals surface area contributed by atoms with Gasteiger partial charge in [0.25, 0.3) is 11.8 Å². The fraction of sp³-hybridized carbons (Fsp3) is 0.318. The largest absolute Gasteiger partial charge is 0.340 e. The molecule has 0 aliphatic carbocycles. The Balaban J connectivity index is 1.59. The molecule has 2 aromatic heterocycles. The number of aryl methyl sites for hydroxylation is 1. The van der Waals surface area contributed by atoms with E-state index in [9.17, 15) is 9.59 Å². The molecular formula is C22H23N5O3. The Morgan fingerprint density at radius 3 is 2.67 bits per heavy atom. The summed E-state index contributed by atoms with van der Waals surface area (Å²) in [6.07, 6.45) is 4.30. The van der Waals surface area contributed by atoms with Crippen LogP contribution in [-0.2, 0) is 11.2 Å². The molecule has 0 radical (unpaired) electrons. The third-order valence-electron chi connectivity index (χ3n) is 5.14. The van der Waals surface area contributed by atoms with Crippen LogP contribution in [0.3, 0.4) is 0 Å². The van der Waals surface area contributed by atoms with Crippen molar-refractivity contribution in [1.29, 1.82) is 0 Å². The van der Waals surface area contributed by atoms with Crippen LogP contribution in [0.25, 0.3) is 0 Å². The number of nitrogens with zero attached hydrogens (tertiary/aromatic N) is 5. The van der Waals surface area contributed by atoms with Crippen molar-refractivity contribution in [3.8, 4) is 0 Å². The Bertz CT molecular complexity index is 1010. The van der Waals surface area contributed by atoms with Crippen molar-refractivity contribution >= 4 is 11.8 Å². The van der Waals surface area contributed by atoms with E-state index in [0.717, 1.165) is 5.56 Å². The lowest BCUT2D eigenvalue weighted by molar-refractivity contribution is -0.130. The average Bonchev–Trinajstić information content (AvgIpc) is 3.08. The maximum atomic E-state index is 13.2. The number of carbonyl (C=O) groups excluding carboxylic acids is 2. The van der Waals surface area contributed by atoms with Crippen molar-refractivity contribution in [2.45, 2.75) is 25.8 Å². The van der Waals surface area contributed by atoms with E-state index in [2.05, 4.69) is 15.1 Å². The maximum Gasteiger partial charge on any atom is 0.254 e. The van der Waals surface area contributed by atoms with Crippen LogP contribution in [0.15, 0.2) is 59.4 Å². The number of aromatic nitrogens is 3. The number of carbonyl (C=O) groups is 2. The minimum atomic E-state index is -0.501. The highest BCUT2D eigenvalue weighted by Gasteiger charge is 2.35. The molecule has 1 unspecified atom stereocenters. The molecule has 0 N–H and O–H groups in total. The maximum absolute atomic E-state index is 13.2. The summed E-state index contributed by atoms with van der Waals surface area (Å²) in [5, 5.41) is 3.89. The lowest BCUT2D eigenvalue weighted by Crippen LogP contribution is -2.40. The van der Waals surface area contributed by atoms with Crippen LogP contribution in [-0.4, -0.2) is 56.4 Å². The molecule has 1 atom stereocenters. The van der Waals surface area contributed by atoms with Gasteiger partial charge in [-0.25, -0.2) is 0 Å². The zero-order valence-corrected chi connectivity index (χ0v) is 16.8. The molecule has 1 saturated heterocycles. The predicted molar refractivity (Wildman–Crippen MR) is 108 cm³/mol. The van der Waals surface area contributed by atoms with Crippen molar-refractivity contribution in [2.24, 2.45) is 0 Å². The Hall–Kier alpha value is -3.55. The first kappa shape index (κ1) is 19.8. The second-order valence-corrected chi connectivity index (χ2v) is 7.29. The van der Waals surface area contributed by atoms with E-state index in [1.807, 2.05) is 30.3 Å². The number of benzene rings is 1. The van der Waals surface area contributed by atoms with Crippen LogP contribution in [0.5, 0.6) is 0 Å². The van der Waals surface area contributed by atoms with Gasteiger partial charge in [-0.1, -0.05) is 29.4 Å². The van der Waals surface area contributed by atoms with Gasteiger partial charge < -0.3 is 14.3 Å². The Morgan fingerprint density at radius 2 is 1.97 bits per heavy atom. The summed E-state index contributed by atoms with van der Waals surface area (Å²) in [7, 11) is 0. The van der Waals surface area contributed by atoms with Crippen molar-refractivity contribution in [3.63, 3.8) is 0 Å². The van der Waals surface area contributed by atoms with Crippen LogP contribution in [0.2, 0.25) is 0 Å². The van der Waals surface area contributed by atoms with E-state index in [0.29, 0.717) is 43.3 Å². The van der Waals surface area contributed by atoms with Crippen molar-refractivity contribution in [3.05, 3.63) is 77.7 Å². The lowest BCUT2D eigenvalue weighted by Gasteiger charge is -2.29. The highest BCUT2D eigenvalue weighted by Crippen LogP contribution is 2.26. The first-order chi connectivity index (χ1) is 14.6. The normalized spacial score (nSPS) is 16.9. The van der Waals surface area contributed by atoms with Gasteiger partial charge in [-0.15, -0.1) is 0 Å². The molecule has 1 aliphatic heterocycles. The Morgan fingerprint density at radius 1 is 1.13 bits per heavy atom. The van der Waals surface area contributed by atoms with Gasteiger partial charge in [0.05, 0.1) is 13.0 Å². The summed E-state index contributed by atoms with van der Waals surface area (Å²) >= 11 is 0. The first-order valence-corrected chi connectivity index (χ1v) is 9.94. The van der Waals surface area contributed by atoms with E-state index in [1.165, 1.54) is 0 Å². The number of pyridine rings is 1. The second-order valence-electron chi connectivity index (χ2n) is 7.29. The minimum Gasteiger partial charge on any atom is -0.340 e. The molecule has 8 heteroatoms. The summed E-state index contributed by atoms with van der Waals surface area (Å²) < 4.78 is 5.42. The highest BCUT2D eigenvalue weighted by molar-refractivity contribution is 5.94. The van der Waals surface area contributed by atoms with E-state index in [1.54, 1.807) is 41.2 Å². The zero-order chi connectivity index (χ0) is 20.9. The van der Waals surface area contributed by atoms with Gasteiger partial charge in [0.15, 0.2) is 5.82 Å². The average molecular weight is 405 g/mol. The number of amides is 2. The quantitative estimate of drug-likeness (QED) is 0.662. The van der Waals surface area contributed by atoms with Gasteiger partial charge in [0, 0.05) is 31.0 Å². The Kier molecular flexibility index (Phi) is 5.83. The monoisotopic (exact) mass is 405 g/mol. The standard InChI is InChI=1S/C22H23N5O3/c1-16-24-21(30-25-16)19-15-26(20(28)13-17-7-5-10-23-14-17)11-6-12-27(19)22(29)18-8-3-2-4-9-18/h2-5,7-10,14,19H,6,11-13,15H2,1H3. The molecule has 8 nitrogen and oxygen atoms in total. The first-order valence-electron chi connectivity index (χ1n) is 9.94. The fourth-order valence-corrected chi connectivity index (χ4v) is 3.65. The fourth-order valence-electron chi connectivity index (χ4n) is 3.65. The molecule has 3 heterocycles. The minimum absolute atomic E-state index is 0.0155. The smallest absolute Gasteiger partial charge is 0.254 e. The van der Waals surface area contributed by atoms with Gasteiger partial charge >= 0.3 is 0 Å². The Labute approximate surface area is 174 Å². The highest BCUT2D eigenvalue weighted by atomic mass is 16.5. The number of hydrogen-bond donors (Lipinski definition) is 0. The molecule has 4 rings (SSSR count). The van der Waals surface area contributed by atoms with E-state index >= 15 is 0 Å². The molecule has 3 aromatic rings. The predicted octanol–water partition coefficient (Wildman–Crippen LogP) is 2.43. The van der Waals surface area contributed by atoms with Crippen LogP contribution in [0.1, 0.15) is 40.1 Å². The van der Waals surface area contributed by atoms with Crippen LogP contribution >= 0.6 is 0 Å². The molecule has 154 valence electrons. The summed E-state index contributed by atoms with van der Waals surface area (Å²) in [5.41, 5.74) is 1.45. The molecule has 2 amide bonds. The third kappa shape index (κ3) is 4.37. The second kappa shape index (κ2) is 8.86. The van der Waals surface area contributed by atoms with Crippen LogP contribution < -0.4 is 0 Å². The third-order valence-corrected chi connectivity index (χ3v) is 5.14. The topological polar surface area (TPSA) is 92.4 Å². The SMILES string of the molecule is Cc1noc(C2CN(C(=O)Cc3cccnc3)CCCN2C(=O)c2ccccc2)n1. The van der Waals surface area contributed by atoms with Gasteiger partial charge in [-0.2, -0.15) is 4.98 Å². The van der Waals surface area contributed by atoms with Crippen LogP contribution in [0.4, 0.5) is 0 Å². The summed E-state index contributed by atoms with van der Waals surface area (Å²) in [5.74, 6) is 0.712. The van der Waals surface area contributed by atoms with E-state index < -0.39 is 6.04 Å². The van der Waals surface area contributed by atoms with Crippen molar-refractivity contribution in [2.75, 3.05) is 19.6 Å². The van der Waals surface area contributed by atoms with Crippen LogP contribution in [0, 0.1) is 6.92 Å². The number of hydrogen-bond acceptors (Lipinski definition) is 6. The van der Waals surface area contributed by atoms with Crippen molar-refractivity contribution < 1.29 is 14.1 Å². The molecule has 0 spiro atoms. The van der Waals surface area contributed by atoms with Gasteiger partial charge in [-0.05, 0) is 37.1 Å². The molecule has 1 aliphatic rings. The molecule has 0 bridgehead atoms. The van der Waals surface area contributed by atoms with E-state index in [-0.39, 0.29) is 18.2 Å². The van der Waals surface area contributed by atoms with E-state index in [4.69, 9.17) is 4.52 Å². The summed E-state index contributed by atoms with van der Waals surface area (Å²) in [6.45, 7) is 3.09. The van der Waals surface area contributed by atoms with Gasteiger partial charge in [-0.3, -0.25) is 14.6 Å². The van der Waals surface area contributed by atoms with Gasteiger partial charge in [0.1, 0.15) is 6.04 Å². The molecule has 30 heavy (non-hydrogen) atoms. The zero-order valence-electron chi connectivity index (χ0n) is 16.8. The molecular weight excluding hydrogens is 382 g/mol. The molecule has 1 fully saturated rings. The molecule has 1 aromatic carbocycles. The van der Waals surface area contributed by atoms with Gasteiger partial charge in [0.2, 0.25) is 5.91 Å². The summed E-state index contributed by atoms with van der Waals surface area (Å²) in [4.78, 5) is 38.2. The lowest BCUT2D eigenvalue weighted by atomic mass is 10.1.